The normalized spacial score (nSPS) is 27.6. The fraction of sp³-hybridized carbons (Fsp3) is 0.533. The van der Waals surface area contributed by atoms with E-state index in [2.05, 4.69) is 24.5 Å². The number of thiocarbonyl (C=S) groups is 1. The van der Waals surface area contributed by atoms with Gasteiger partial charge in [-0.2, -0.15) is 0 Å². The van der Waals surface area contributed by atoms with E-state index in [1.165, 1.54) is 19.3 Å². The van der Waals surface area contributed by atoms with Gasteiger partial charge in [-0.25, -0.2) is 0 Å². The minimum Gasteiger partial charge on any atom is -0.359 e. The maximum absolute atomic E-state index is 5.39. The van der Waals surface area contributed by atoms with E-state index in [1.807, 2.05) is 30.3 Å². The highest BCUT2D eigenvalue weighted by atomic mass is 32.1. The first-order valence-corrected chi connectivity index (χ1v) is 7.20. The van der Waals surface area contributed by atoms with E-state index in [0.29, 0.717) is 12.0 Å². The molecule has 2 rings (SSSR count). The van der Waals surface area contributed by atoms with Gasteiger partial charge in [-0.15, -0.1) is 0 Å². The molecule has 0 aromatic heterocycles. The molecule has 3 heteroatoms. The Bertz CT molecular complexity index is 391. The van der Waals surface area contributed by atoms with E-state index >= 15 is 0 Å². The van der Waals surface area contributed by atoms with Crippen LogP contribution in [0.4, 0.5) is 5.69 Å². The highest BCUT2D eigenvalue weighted by Crippen LogP contribution is 2.29. The SMILES string of the molecule is C[C@@H]1[C@H](C)CCC[C@@H]1NC(=S)Nc1ccccc1. The molecule has 0 radical (unpaired) electrons. The molecule has 0 saturated heterocycles. The molecule has 0 aliphatic heterocycles. The third-order valence-corrected chi connectivity index (χ3v) is 4.27. The first-order valence-electron chi connectivity index (χ1n) is 6.79. The molecule has 98 valence electrons. The van der Waals surface area contributed by atoms with Crippen molar-refractivity contribution in [2.24, 2.45) is 11.8 Å². The average molecular weight is 262 g/mol. The molecule has 0 bridgehead atoms. The van der Waals surface area contributed by atoms with Crippen molar-refractivity contribution < 1.29 is 0 Å². The predicted octanol–water partition coefficient (Wildman–Crippen LogP) is 3.80. The van der Waals surface area contributed by atoms with Crippen molar-refractivity contribution in [1.29, 1.82) is 0 Å². The number of para-hydroxylation sites is 1. The molecule has 1 saturated carbocycles. The van der Waals surface area contributed by atoms with Gasteiger partial charge in [-0.05, 0) is 42.6 Å². The molecular formula is C15H22N2S. The zero-order valence-corrected chi connectivity index (χ0v) is 12.0. The molecule has 1 aliphatic carbocycles. The van der Waals surface area contributed by atoms with E-state index < -0.39 is 0 Å². The molecule has 0 spiro atoms. The number of benzene rings is 1. The Hall–Kier alpha value is -1.09. The van der Waals surface area contributed by atoms with Gasteiger partial charge in [-0.1, -0.05) is 44.9 Å². The Morgan fingerprint density at radius 2 is 1.89 bits per heavy atom. The summed E-state index contributed by atoms with van der Waals surface area (Å²) in [6.45, 7) is 4.67. The second kappa shape index (κ2) is 6.19. The summed E-state index contributed by atoms with van der Waals surface area (Å²) in [5, 5.41) is 7.46. The van der Waals surface area contributed by atoms with Crippen molar-refractivity contribution in [3.63, 3.8) is 0 Å². The molecule has 1 fully saturated rings. The molecule has 18 heavy (non-hydrogen) atoms. The highest BCUT2D eigenvalue weighted by molar-refractivity contribution is 7.80. The third kappa shape index (κ3) is 3.45. The quantitative estimate of drug-likeness (QED) is 0.793. The molecule has 0 heterocycles. The highest BCUT2D eigenvalue weighted by Gasteiger charge is 2.27. The number of anilines is 1. The van der Waals surface area contributed by atoms with Gasteiger partial charge in [0.15, 0.2) is 5.11 Å². The minimum absolute atomic E-state index is 0.512. The van der Waals surface area contributed by atoms with E-state index in [9.17, 15) is 0 Å². The van der Waals surface area contributed by atoms with Gasteiger partial charge in [0.2, 0.25) is 0 Å². The van der Waals surface area contributed by atoms with Crippen LogP contribution in [0.1, 0.15) is 33.1 Å². The Kier molecular flexibility index (Phi) is 4.59. The van der Waals surface area contributed by atoms with Crippen LogP contribution in [0.5, 0.6) is 0 Å². The van der Waals surface area contributed by atoms with E-state index in [-0.39, 0.29) is 0 Å². The Morgan fingerprint density at radius 1 is 1.17 bits per heavy atom. The van der Waals surface area contributed by atoms with Crippen molar-refractivity contribution in [3.05, 3.63) is 30.3 Å². The van der Waals surface area contributed by atoms with Gasteiger partial charge < -0.3 is 10.6 Å². The Labute approximate surface area is 115 Å². The lowest BCUT2D eigenvalue weighted by Gasteiger charge is -2.35. The van der Waals surface area contributed by atoms with Crippen LogP contribution >= 0.6 is 12.2 Å². The number of hydrogen-bond donors (Lipinski definition) is 2. The zero-order valence-electron chi connectivity index (χ0n) is 11.1. The number of nitrogens with one attached hydrogen (secondary N) is 2. The minimum atomic E-state index is 0.512. The molecule has 2 N–H and O–H groups in total. The van der Waals surface area contributed by atoms with E-state index in [4.69, 9.17) is 12.2 Å². The van der Waals surface area contributed by atoms with Crippen LogP contribution in [0, 0.1) is 11.8 Å². The molecule has 1 aromatic carbocycles. The van der Waals surface area contributed by atoms with E-state index in [1.54, 1.807) is 0 Å². The van der Waals surface area contributed by atoms with Crippen LogP contribution < -0.4 is 10.6 Å². The van der Waals surface area contributed by atoms with Gasteiger partial charge in [0, 0.05) is 11.7 Å². The number of hydrogen-bond acceptors (Lipinski definition) is 1. The summed E-state index contributed by atoms with van der Waals surface area (Å²) in [5.74, 6) is 1.48. The van der Waals surface area contributed by atoms with Crippen LogP contribution in [0.2, 0.25) is 0 Å². The maximum atomic E-state index is 5.39. The third-order valence-electron chi connectivity index (χ3n) is 4.05. The fourth-order valence-electron chi connectivity index (χ4n) is 2.64. The lowest BCUT2D eigenvalue weighted by molar-refractivity contribution is 0.225. The van der Waals surface area contributed by atoms with Crippen LogP contribution in [-0.2, 0) is 0 Å². The largest absolute Gasteiger partial charge is 0.359 e. The van der Waals surface area contributed by atoms with Crippen LogP contribution in [-0.4, -0.2) is 11.2 Å². The second-order valence-electron chi connectivity index (χ2n) is 5.34. The lowest BCUT2D eigenvalue weighted by atomic mass is 9.78. The number of rotatable bonds is 2. The van der Waals surface area contributed by atoms with Crippen molar-refractivity contribution in [2.75, 3.05) is 5.32 Å². The van der Waals surface area contributed by atoms with E-state index in [0.717, 1.165) is 16.7 Å². The summed E-state index contributed by atoms with van der Waals surface area (Å²) < 4.78 is 0. The monoisotopic (exact) mass is 262 g/mol. The average Bonchev–Trinajstić information content (AvgIpc) is 2.36. The smallest absolute Gasteiger partial charge is 0.171 e. The van der Waals surface area contributed by atoms with Crippen molar-refractivity contribution >= 4 is 23.0 Å². The summed E-state index contributed by atoms with van der Waals surface area (Å²) >= 11 is 5.39. The first-order chi connectivity index (χ1) is 8.66. The van der Waals surface area contributed by atoms with Gasteiger partial charge >= 0.3 is 0 Å². The molecule has 0 unspecified atom stereocenters. The molecule has 3 atom stereocenters. The Balaban J connectivity index is 1.87. The molecule has 1 aliphatic rings. The summed E-state index contributed by atoms with van der Waals surface area (Å²) in [4.78, 5) is 0. The van der Waals surface area contributed by atoms with Crippen molar-refractivity contribution in [1.82, 2.24) is 5.32 Å². The van der Waals surface area contributed by atoms with Crippen LogP contribution in [0.15, 0.2) is 30.3 Å². The topological polar surface area (TPSA) is 24.1 Å². The first kappa shape index (κ1) is 13.3. The summed E-state index contributed by atoms with van der Waals surface area (Å²) in [5.41, 5.74) is 1.05. The standard InChI is InChI=1S/C15H22N2S/c1-11-7-6-10-14(12(11)2)17-15(18)16-13-8-4-3-5-9-13/h3-5,8-9,11-12,14H,6-7,10H2,1-2H3,(H2,16,17,18)/t11-,12-,14+/m1/s1. The summed E-state index contributed by atoms with van der Waals surface area (Å²) in [6, 6.07) is 10.6. The van der Waals surface area contributed by atoms with Crippen molar-refractivity contribution in [2.45, 2.75) is 39.2 Å². The molecule has 1 aromatic rings. The second-order valence-corrected chi connectivity index (χ2v) is 5.75. The van der Waals surface area contributed by atoms with Gasteiger partial charge in [0.05, 0.1) is 0 Å². The molecule has 0 amide bonds. The fourth-order valence-corrected chi connectivity index (χ4v) is 2.91. The predicted molar refractivity (Wildman–Crippen MR) is 81.8 cm³/mol. The zero-order chi connectivity index (χ0) is 13.0. The Morgan fingerprint density at radius 3 is 2.61 bits per heavy atom. The van der Waals surface area contributed by atoms with Crippen LogP contribution in [0.3, 0.4) is 0 Å². The summed E-state index contributed by atoms with van der Waals surface area (Å²) in [6.07, 6.45) is 3.87. The maximum Gasteiger partial charge on any atom is 0.171 e. The summed E-state index contributed by atoms with van der Waals surface area (Å²) in [7, 11) is 0. The van der Waals surface area contributed by atoms with Gasteiger partial charge in [0.25, 0.3) is 0 Å². The molecule has 2 nitrogen and oxygen atoms in total. The lowest BCUT2D eigenvalue weighted by Crippen LogP contribution is -2.45. The molecular weight excluding hydrogens is 240 g/mol. The van der Waals surface area contributed by atoms with Crippen LogP contribution in [0.25, 0.3) is 0 Å². The van der Waals surface area contributed by atoms with Gasteiger partial charge in [0.1, 0.15) is 0 Å². The van der Waals surface area contributed by atoms with Crippen molar-refractivity contribution in [3.8, 4) is 0 Å². The van der Waals surface area contributed by atoms with Gasteiger partial charge in [-0.3, -0.25) is 0 Å².